The third kappa shape index (κ3) is 3.22. The number of benzene rings is 1. The lowest BCUT2D eigenvalue weighted by atomic mass is 10.0. The van der Waals surface area contributed by atoms with Crippen LogP contribution in [0.1, 0.15) is 29.9 Å². The largest absolute Gasteiger partial charge is 0.497 e. The Bertz CT molecular complexity index is 595. The van der Waals surface area contributed by atoms with Gasteiger partial charge in [-0.3, -0.25) is 4.68 Å². The highest BCUT2D eigenvalue weighted by Gasteiger charge is 2.15. The van der Waals surface area contributed by atoms with Crippen LogP contribution in [0.4, 0.5) is 0 Å². The van der Waals surface area contributed by atoms with E-state index in [2.05, 4.69) is 34.0 Å². The van der Waals surface area contributed by atoms with Gasteiger partial charge < -0.3 is 10.5 Å². The summed E-state index contributed by atoms with van der Waals surface area (Å²) in [6.45, 7) is 4.89. The maximum absolute atomic E-state index is 6.35. The molecular weight excluding hydrogens is 318 g/mol. The van der Waals surface area contributed by atoms with Crippen molar-refractivity contribution in [3.05, 3.63) is 45.7 Å². The van der Waals surface area contributed by atoms with Crippen molar-refractivity contribution in [1.29, 1.82) is 0 Å². The molecule has 2 aromatic rings. The Morgan fingerprint density at radius 3 is 2.80 bits per heavy atom. The fraction of sp³-hybridized carbons (Fsp3) is 0.400. The number of hydrogen-bond acceptors (Lipinski definition) is 3. The Kier molecular flexibility index (Phi) is 4.83. The predicted octanol–water partition coefficient (Wildman–Crippen LogP) is 3.23. The Labute approximate surface area is 128 Å². The van der Waals surface area contributed by atoms with Gasteiger partial charge in [-0.1, -0.05) is 15.9 Å². The van der Waals surface area contributed by atoms with Gasteiger partial charge in [0.25, 0.3) is 0 Å². The molecule has 20 heavy (non-hydrogen) atoms. The van der Waals surface area contributed by atoms with Crippen LogP contribution in [0.2, 0.25) is 0 Å². The van der Waals surface area contributed by atoms with E-state index in [9.17, 15) is 0 Å². The van der Waals surface area contributed by atoms with E-state index in [-0.39, 0.29) is 6.04 Å². The molecule has 0 saturated heterocycles. The Morgan fingerprint density at radius 2 is 2.15 bits per heavy atom. The molecule has 0 radical (unpaired) electrons. The number of aromatic nitrogens is 2. The molecule has 5 heteroatoms. The second kappa shape index (κ2) is 6.41. The maximum atomic E-state index is 6.35. The van der Waals surface area contributed by atoms with Gasteiger partial charge in [-0.25, -0.2) is 0 Å². The molecule has 4 nitrogen and oxygen atoms in total. The lowest BCUT2D eigenvalue weighted by molar-refractivity contribution is 0.414. The molecule has 0 bridgehead atoms. The van der Waals surface area contributed by atoms with Gasteiger partial charge in [0.1, 0.15) is 5.75 Å². The molecule has 0 aliphatic carbocycles. The third-order valence-corrected chi connectivity index (χ3v) is 4.08. The molecule has 1 unspecified atom stereocenters. The lowest BCUT2D eigenvalue weighted by Crippen LogP contribution is -2.18. The van der Waals surface area contributed by atoms with Crippen molar-refractivity contribution < 1.29 is 4.74 Å². The van der Waals surface area contributed by atoms with Crippen LogP contribution in [0.25, 0.3) is 0 Å². The molecule has 1 atom stereocenters. The first-order valence-corrected chi connectivity index (χ1v) is 7.46. The lowest BCUT2D eigenvalue weighted by Gasteiger charge is -2.15. The van der Waals surface area contributed by atoms with Crippen molar-refractivity contribution in [3.8, 4) is 5.75 Å². The van der Waals surface area contributed by atoms with Crippen LogP contribution in [0.15, 0.2) is 28.7 Å². The minimum absolute atomic E-state index is 0.0837. The zero-order chi connectivity index (χ0) is 14.7. The molecule has 1 aromatic heterocycles. The van der Waals surface area contributed by atoms with Crippen molar-refractivity contribution in [2.24, 2.45) is 5.73 Å². The molecule has 0 spiro atoms. The van der Waals surface area contributed by atoms with Crippen LogP contribution in [0.3, 0.4) is 0 Å². The number of methoxy groups -OCH3 is 1. The van der Waals surface area contributed by atoms with Crippen LogP contribution in [0.5, 0.6) is 5.75 Å². The standard InChI is InChI=1S/C15H20BrN3O/c1-4-19-15(7-10(2)18-19)14(17)9-11-8-12(20-3)5-6-13(11)16/h5-8,14H,4,9,17H2,1-3H3. The number of ether oxygens (including phenoxy) is 1. The van der Waals surface area contributed by atoms with Crippen LogP contribution < -0.4 is 10.5 Å². The van der Waals surface area contributed by atoms with E-state index in [0.29, 0.717) is 0 Å². The predicted molar refractivity (Wildman–Crippen MR) is 84.0 cm³/mol. The third-order valence-electron chi connectivity index (χ3n) is 3.31. The Morgan fingerprint density at radius 1 is 1.40 bits per heavy atom. The molecule has 2 rings (SSSR count). The average Bonchev–Trinajstić information content (AvgIpc) is 2.82. The number of aryl methyl sites for hydroxylation is 2. The molecular formula is C15H20BrN3O. The van der Waals surface area contributed by atoms with E-state index >= 15 is 0 Å². The highest BCUT2D eigenvalue weighted by Crippen LogP contribution is 2.26. The monoisotopic (exact) mass is 337 g/mol. The van der Waals surface area contributed by atoms with Gasteiger partial charge in [-0.05, 0) is 50.1 Å². The van der Waals surface area contributed by atoms with E-state index in [1.807, 2.05) is 29.8 Å². The van der Waals surface area contributed by atoms with E-state index in [0.717, 1.165) is 40.1 Å². The molecule has 0 aliphatic rings. The molecule has 0 aliphatic heterocycles. The molecule has 2 N–H and O–H groups in total. The van der Waals surface area contributed by atoms with Crippen molar-refractivity contribution in [2.45, 2.75) is 32.9 Å². The number of halogens is 1. The summed E-state index contributed by atoms with van der Waals surface area (Å²) in [7, 11) is 1.67. The van der Waals surface area contributed by atoms with E-state index in [1.54, 1.807) is 7.11 Å². The number of hydrogen-bond donors (Lipinski definition) is 1. The first-order valence-electron chi connectivity index (χ1n) is 6.67. The average molecular weight is 338 g/mol. The highest BCUT2D eigenvalue weighted by atomic mass is 79.9. The summed E-state index contributed by atoms with van der Waals surface area (Å²) in [6.07, 6.45) is 0.739. The summed E-state index contributed by atoms with van der Waals surface area (Å²) < 4.78 is 8.28. The fourth-order valence-electron chi connectivity index (χ4n) is 2.29. The molecule has 0 amide bonds. The minimum atomic E-state index is -0.0837. The summed E-state index contributed by atoms with van der Waals surface area (Å²) >= 11 is 3.57. The van der Waals surface area contributed by atoms with Crippen LogP contribution in [-0.4, -0.2) is 16.9 Å². The molecule has 0 saturated carbocycles. The smallest absolute Gasteiger partial charge is 0.119 e. The van der Waals surface area contributed by atoms with Crippen LogP contribution >= 0.6 is 15.9 Å². The van der Waals surface area contributed by atoms with Crippen molar-refractivity contribution in [2.75, 3.05) is 7.11 Å². The number of nitrogens with two attached hydrogens (primary N) is 1. The van der Waals surface area contributed by atoms with Crippen molar-refractivity contribution in [3.63, 3.8) is 0 Å². The topological polar surface area (TPSA) is 53.1 Å². The molecule has 108 valence electrons. The number of nitrogens with zero attached hydrogens (tertiary/aromatic N) is 2. The minimum Gasteiger partial charge on any atom is -0.497 e. The maximum Gasteiger partial charge on any atom is 0.119 e. The molecule has 0 fully saturated rings. The molecule has 1 heterocycles. The van der Waals surface area contributed by atoms with Crippen LogP contribution in [0, 0.1) is 6.92 Å². The fourth-order valence-corrected chi connectivity index (χ4v) is 2.70. The summed E-state index contributed by atoms with van der Waals surface area (Å²) in [6, 6.07) is 7.91. The van der Waals surface area contributed by atoms with Gasteiger partial charge in [0.2, 0.25) is 0 Å². The van der Waals surface area contributed by atoms with Gasteiger partial charge in [-0.15, -0.1) is 0 Å². The first kappa shape index (κ1) is 15.1. The second-order valence-corrected chi connectivity index (χ2v) is 5.65. The Hall–Kier alpha value is -1.33. The normalized spacial score (nSPS) is 12.4. The summed E-state index contributed by atoms with van der Waals surface area (Å²) in [5.74, 6) is 0.843. The zero-order valence-corrected chi connectivity index (χ0v) is 13.6. The zero-order valence-electron chi connectivity index (χ0n) is 12.1. The van der Waals surface area contributed by atoms with E-state index < -0.39 is 0 Å². The Balaban J connectivity index is 2.24. The summed E-state index contributed by atoms with van der Waals surface area (Å²) in [4.78, 5) is 0. The van der Waals surface area contributed by atoms with Gasteiger partial charge in [0, 0.05) is 11.0 Å². The SMILES string of the molecule is CCn1nc(C)cc1C(N)Cc1cc(OC)ccc1Br. The highest BCUT2D eigenvalue weighted by molar-refractivity contribution is 9.10. The van der Waals surface area contributed by atoms with Crippen LogP contribution in [-0.2, 0) is 13.0 Å². The van der Waals surface area contributed by atoms with Crippen molar-refractivity contribution >= 4 is 15.9 Å². The summed E-state index contributed by atoms with van der Waals surface area (Å²) in [5, 5.41) is 4.45. The molecule has 1 aromatic carbocycles. The quantitative estimate of drug-likeness (QED) is 0.911. The second-order valence-electron chi connectivity index (χ2n) is 4.79. The van der Waals surface area contributed by atoms with Gasteiger partial charge >= 0.3 is 0 Å². The first-order chi connectivity index (χ1) is 9.55. The summed E-state index contributed by atoms with van der Waals surface area (Å²) in [5.41, 5.74) is 9.56. The number of rotatable bonds is 5. The van der Waals surface area contributed by atoms with Gasteiger partial charge in [-0.2, -0.15) is 5.10 Å². The van der Waals surface area contributed by atoms with Crippen molar-refractivity contribution in [1.82, 2.24) is 9.78 Å². The van der Waals surface area contributed by atoms with E-state index in [1.165, 1.54) is 0 Å². The van der Waals surface area contributed by atoms with Gasteiger partial charge in [0.05, 0.1) is 24.5 Å². The van der Waals surface area contributed by atoms with E-state index in [4.69, 9.17) is 10.5 Å². The van der Waals surface area contributed by atoms with Gasteiger partial charge in [0.15, 0.2) is 0 Å².